The minimum atomic E-state index is -0.709. The highest BCUT2D eigenvalue weighted by Crippen LogP contribution is 2.28. The van der Waals surface area contributed by atoms with Crippen molar-refractivity contribution >= 4 is 17.5 Å². The number of benzene rings is 1. The van der Waals surface area contributed by atoms with E-state index in [9.17, 15) is 9.90 Å². The first-order chi connectivity index (χ1) is 11.6. The van der Waals surface area contributed by atoms with Crippen molar-refractivity contribution in [1.29, 1.82) is 0 Å². The van der Waals surface area contributed by atoms with Crippen molar-refractivity contribution in [1.82, 2.24) is 15.1 Å². The first kappa shape index (κ1) is 17.0. The van der Waals surface area contributed by atoms with Gasteiger partial charge in [0, 0.05) is 24.4 Å². The Morgan fingerprint density at radius 2 is 2.17 bits per heavy atom. The summed E-state index contributed by atoms with van der Waals surface area (Å²) in [4.78, 5) is 12.1. The van der Waals surface area contributed by atoms with Crippen LogP contribution in [-0.4, -0.2) is 46.7 Å². The molecule has 2 N–H and O–H groups in total. The van der Waals surface area contributed by atoms with E-state index in [1.807, 2.05) is 12.1 Å². The van der Waals surface area contributed by atoms with Crippen LogP contribution in [0.3, 0.4) is 0 Å². The average Bonchev–Trinajstić information content (AvgIpc) is 3.27. The van der Waals surface area contributed by atoms with E-state index < -0.39 is 6.10 Å². The van der Waals surface area contributed by atoms with Gasteiger partial charge in [-0.15, -0.1) is 0 Å². The molecule has 0 saturated heterocycles. The van der Waals surface area contributed by atoms with Gasteiger partial charge in [-0.2, -0.15) is 5.10 Å². The molecule has 0 radical (unpaired) electrons. The molecule has 0 aliphatic heterocycles. The van der Waals surface area contributed by atoms with Gasteiger partial charge >= 0.3 is 0 Å². The summed E-state index contributed by atoms with van der Waals surface area (Å²) in [6.07, 6.45) is 4.84. The molecule has 128 valence electrons. The van der Waals surface area contributed by atoms with Crippen LogP contribution >= 0.6 is 11.6 Å². The molecule has 1 atom stereocenters. The number of nitrogens with zero attached hydrogens (tertiary/aromatic N) is 2. The van der Waals surface area contributed by atoms with E-state index in [4.69, 9.17) is 16.3 Å². The molecular formula is C17H20ClN3O3. The lowest BCUT2D eigenvalue weighted by molar-refractivity contribution is 0.0320. The number of aliphatic hydroxyl groups is 1. The number of aliphatic hydroxyl groups excluding tert-OH is 1. The number of hydrogen-bond donors (Lipinski definition) is 2. The molecule has 0 spiro atoms. The van der Waals surface area contributed by atoms with Gasteiger partial charge in [0.05, 0.1) is 30.2 Å². The Bertz CT molecular complexity index is 683. The molecule has 24 heavy (non-hydrogen) atoms. The van der Waals surface area contributed by atoms with Gasteiger partial charge in [0.2, 0.25) is 0 Å². The fourth-order valence-electron chi connectivity index (χ4n) is 2.20. The van der Waals surface area contributed by atoms with Gasteiger partial charge in [-0.25, -0.2) is 4.68 Å². The summed E-state index contributed by atoms with van der Waals surface area (Å²) in [5.74, 6) is 0.377. The molecule has 1 unspecified atom stereocenters. The zero-order valence-corrected chi connectivity index (χ0v) is 13.9. The fraction of sp³-hybridized carbons (Fsp3) is 0.412. The van der Waals surface area contributed by atoms with E-state index in [2.05, 4.69) is 10.4 Å². The summed E-state index contributed by atoms with van der Waals surface area (Å²) >= 11 is 5.85. The van der Waals surface area contributed by atoms with Gasteiger partial charge in [0.25, 0.3) is 5.91 Å². The van der Waals surface area contributed by atoms with Gasteiger partial charge in [0.15, 0.2) is 0 Å². The summed E-state index contributed by atoms with van der Waals surface area (Å²) in [6, 6.07) is 7.16. The number of rotatable bonds is 8. The van der Waals surface area contributed by atoms with Crippen molar-refractivity contribution in [3.63, 3.8) is 0 Å². The van der Waals surface area contributed by atoms with E-state index in [0.29, 0.717) is 23.1 Å². The third-order valence-corrected chi connectivity index (χ3v) is 4.05. The highest BCUT2D eigenvalue weighted by atomic mass is 35.5. The molecular weight excluding hydrogens is 330 g/mol. The van der Waals surface area contributed by atoms with Crippen molar-refractivity contribution in [3.05, 3.63) is 47.2 Å². The minimum absolute atomic E-state index is 0.148. The molecule has 2 aromatic rings. The number of hydrogen-bond acceptors (Lipinski definition) is 4. The average molecular weight is 350 g/mol. The molecule has 1 fully saturated rings. The smallest absolute Gasteiger partial charge is 0.254 e. The van der Waals surface area contributed by atoms with E-state index in [1.165, 1.54) is 19.0 Å². The molecule has 1 aliphatic rings. The molecule has 1 heterocycles. The highest BCUT2D eigenvalue weighted by Gasteiger charge is 2.21. The van der Waals surface area contributed by atoms with Crippen molar-refractivity contribution in [3.8, 4) is 5.69 Å². The lowest BCUT2D eigenvalue weighted by atomic mass is 10.3. The Balaban J connectivity index is 1.47. The second kappa shape index (κ2) is 7.79. The van der Waals surface area contributed by atoms with Crippen LogP contribution in [0.25, 0.3) is 5.69 Å². The molecule has 6 nitrogen and oxygen atoms in total. The predicted octanol–water partition coefficient (Wildman–Crippen LogP) is 2.04. The number of ether oxygens (including phenoxy) is 1. The lowest BCUT2D eigenvalue weighted by Crippen LogP contribution is -2.34. The Kier molecular flexibility index (Phi) is 5.50. The van der Waals surface area contributed by atoms with Crippen molar-refractivity contribution in [2.45, 2.75) is 18.9 Å². The normalized spacial score (nSPS) is 15.2. The second-order valence-electron chi connectivity index (χ2n) is 5.99. The summed E-state index contributed by atoms with van der Waals surface area (Å²) in [5.41, 5.74) is 1.24. The SMILES string of the molecule is O=C(NCC(O)COCC1CC1)c1cnn(-c2ccc(Cl)cc2)c1. The maximum atomic E-state index is 12.1. The molecule has 3 rings (SSSR count). The van der Waals surface area contributed by atoms with Crippen molar-refractivity contribution in [2.24, 2.45) is 5.92 Å². The van der Waals surface area contributed by atoms with Crippen LogP contribution in [0.1, 0.15) is 23.2 Å². The molecule has 0 bridgehead atoms. The number of aromatic nitrogens is 2. The number of halogens is 1. The Hall–Kier alpha value is -1.89. The van der Waals surface area contributed by atoms with Crippen LogP contribution in [0.4, 0.5) is 0 Å². The fourth-order valence-corrected chi connectivity index (χ4v) is 2.33. The largest absolute Gasteiger partial charge is 0.389 e. The van der Waals surface area contributed by atoms with Crippen LogP contribution in [-0.2, 0) is 4.74 Å². The van der Waals surface area contributed by atoms with E-state index in [-0.39, 0.29) is 19.1 Å². The van der Waals surface area contributed by atoms with Crippen LogP contribution in [0.5, 0.6) is 0 Å². The van der Waals surface area contributed by atoms with Gasteiger partial charge in [-0.3, -0.25) is 4.79 Å². The summed E-state index contributed by atoms with van der Waals surface area (Å²) in [6.45, 7) is 1.08. The van der Waals surface area contributed by atoms with Crippen molar-refractivity contribution < 1.29 is 14.6 Å². The van der Waals surface area contributed by atoms with Crippen LogP contribution in [0, 0.1) is 5.92 Å². The van der Waals surface area contributed by atoms with Crippen LogP contribution < -0.4 is 5.32 Å². The molecule has 1 amide bonds. The Morgan fingerprint density at radius 1 is 1.42 bits per heavy atom. The first-order valence-electron chi connectivity index (χ1n) is 7.96. The van der Waals surface area contributed by atoms with Gasteiger partial charge in [-0.05, 0) is 43.0 Å². The molecule has 1 aromatic carbocycles. The zero-order valence-electron chi connectivity index (χ0n) is 13.2. The molecule has 7 heteroatoms. The Morgan fingerprint density at radius 3 is 2.88 bits per heavy atom. The summed E-state index contributed by atoms with van der Waals surface area (Å²) in [5, 5.41) is 17.3. The summed E-state index contributed by atoms with van der Waals surface area (Å²) in [7, 11) is 0. The standard InChI is InChI=1S/C17H20ClN3O3/c18-14-3-5-15(6-4-14)21-9-13(7-20-21)17(23)19-8-16(22)11-24-10-12-1-2-12/h3-7,9,12,16,22H,1-2,8,10-11H2,(H,19,23). The summed E-state index contributed by atoms with van der Waals surface area (Å²) < 4.78 is 7.00. The van der Waals surface area contributed by atoms with Gasteiger partial charge < -0.3 is 15.2 Å². The van der Waals surface area contributed by atoms with Crippen molar-refractivity contribution in [2.75, 3.05) is 19.8 Å². The number of amides is 1. The maximum absolute atomic E-state index is 12.1. The minimum Gasteiger partial charge on any atom is -0.389 e. The third kappa shape index (κ3) is 4.80. The van der Waals surface area contributed by atoms with E-state index in [0.717, 1.165) is 5.69 Å². The second-order valence-corrected chi connectivity index (χ2v) is 6.43. The first-order valence-corrected chi connectivity index (χ1v) is 8.34. The third-order valence-electron chi connectivity index (χ3n) is 3.79. The van der Waals surface area contributed by atoms with Crippen LogP contribution in [0.2, 0.25) is 5.02 Å². The van der Waals surface area contributed by atoms with E-state index >= 15 is 0 Å². The number of nitrogens with one attached hydrogen (secondary N) is 1. The van der Waals surface area contributed by atoms with Crippen LogP contribution in [0.15, 0.2) is 36.7 Å². The quantitative estimate of drug-likeness (QED) is 0.764. The van der Waals surface area contributed by atoms with Gasteiger partial charge in [-0.1, -0.05) is 11.6 Å². The Labute approximate surface area is 145 Å². The maximum Gasteiger partial charge on any atom is 0.254 e. The topological polar surface area (TPSA) is 76.4 Å². The zero-order chi connectivity index (χ0) is 16.9. The highest BCUT2D eigenvalue weighted by molar-refractivity contribution is 6.30. The number of carbonyl (C=O) groups excluding carboxylic acids is 1. The monoisotopic (exact) mass is 349 g/mol. The number of carbonyl (C=O) groups is 1. The lowest BCUT2D eigenvalue weighted by Gasteiger charge is -2.11. The predicted molar refractivity (Wildman–Crippen MR) is 90.5 cm³/mol. The molecule has 1 aliphatic carbocycles. The van der Waals surface area contributed by atoms with Gasteiger partial charge in [0.1, 0.15) is 0 Å². The molecule has 1 aromatic heterocycles. The molecule has 1 saturated carbocycles. The van der Waals surface area contributed by atoms with E-state index in [1.54, 1.807) is 23.0 Å².